The van der Waals surface area contributed by atoms with Gasteiger partial charge in [-0.05, 0) is 53.2 Å². The number of rotatable bonds is 2. The van der Waals surface area contributed by atoms with Gasteiger partial charge in [0.1, 0.15) is 11.2 Å². The van der Waals surface area contributed by atoms with Crippen LogP contribution in [0.2, 0.25) is 19.6 Å². The van der Waals surface area contributed by atoms with E-state index >= 15 is 0 Å². The van der Waals surface area contributed by atoms with Crippen LogP contribution in [0.25, 0.3) is 0 Å². The molecular formula is C24H34O5Si. The Kier molecular flexibility index (Phi) is 4.52. The molecular weight excluding hydrogens is 396 g/mol. The van der Waals surface area contributed by atoms with Crippen molar-refractivity contribution < 1.29 is 24.2 Å². The number of esters is 1. The minimum Gasteiger partial charge on any atom is -0.430 e. The lowest BCUT2D eigenvalue weighted by atomic mass is 9.41. The zero-order valence-corrected chi connectivity index (χ0v) is 20.2. The van der Waals surface area contributed by atoms with Gasteiger partial charge in [-0.15, -0.1) is 0 Å². The number of carbonyl (C=O) groups excluding carboxylic acids is 3. The molecule has 2 fully saturated rings. The zero-order valence-electron chi connectivity index (χ0n) is 19.2. The SMILES string of the molecule is CC(=O)OC1=C([Si](C)(C)C)[C@@H]2C=C3[C@@]1(CCC1C(C)(C)C(O)CC[C@]31C)C(=O)C2=O. The van der Waals surface area contributed by atoms with E-state index in [9.17, 15) is 19.5 Å². The molecule has 2 unspecified atom stereocenters. The molecule has 6 heteroatoms. The van der Waals surface area contributed by atoms with Gasteiger partial charge in [-0.25, -0.2) is 0 Å². The van der Waals surface area contributed by atoms with Crippen LogP contribution in [-0.4, -0.2) is 36.8 Å². The van der Waals surface area contributed by atoms with Gasteiger partial charge in [-0.3, -0.25) is 14.4 Å². The zero-order chi connectivity index (χ0) is 22.4. The molecule has 0 saturated heterocycles. The highest BCUT2D eigenvalue weighted by Crippen LogP contribution is 2.69. The van der Waals surface area contributed by atoms with Gasteiger partial charge >= 0.3 is 5.97 Å². The average molecular weight is 431 g/mol. The van der Waals surface area contributed by atoms with Crippen LogP contribution in [0.3, 0.4) is 0 Å². The minimum atomic E-state index is -2.06. The molecule has 2 saturated carbocycles. The summed E-state index contributed by atoms with van der Waals surface area (Å²) in [6, 6.07) is 0. The first-order chi connectivity index (χ1) is 13.7. The lowest BCUT2D eigenvalue weighted by Crippen LogP contribution is -2.63. The third-order valence-corrected chi connectivity index (χ3v) is 10.7. The van der Waals surface area contributed by atoms with Gasteiger partial charge in [0.2, 0.25) is 11.6 Å². The van der Waals surface area contributed by atoms with Crippen LogP contribution in [0, 0.1) is 28.1 Å². The van der Waals surface area contributed by atoms with Gasteiger partial charge < -0.3 is 9.84 Å². The summed E-state index contributed by atoms with van der Waals surface area (Å²) in [6.45, 7) is 14.2. The largest absolute Gasteiger partial charge is 0.430 e. The van der Waals surface area contributed by atoms with Crippen molar-refractivity contribution in [3.8, 4) is 0 Å². The van der Waals surface area contributed by atoms with Gasteiger partial charge in [0.05, 0.1) is 20.1 Å². The number of fused-ring (bicyclic) bond motifs is 2. The maximum Gasteiger partial charge on any atom is 0.307 e. The summed E-state index contributed by atoms with van der Waals surface area (Å²) in [6.07, 6.45) is 4.27. The standard InChI is InChI=1S/C24H34O5Si/c1-13(25)29-21-19(30(5,6)7)14-12-16-23(4)10-9-17(26)22(2,3)15(23)8-11-24(16,21)20(28)18(14)27/h12,14-15,17,26H,8-11H2,1-7H3/t14-,15?,17?,23+,24+/m1/s1. The Balaban J connectivity index is 1.98. The minimum absolute atomic E-state index is 0.196. The Morgan fingerprint density at radius 1 is 1.13 bits per heavy atom. The molecule has 0 aromatic heterocycles. The van der Waals surface area contributed by atoms with E-state index in [2.05, 4.69) is 46.5 Å². The number of carbonyl (C=O) groups is 3. The predicted octanol–water partition coefficient (Wildman–Crippen LogP) is 3.97. The van der Waals surface area contributed by atoms with E-state index in [1.165, 1.54) is 6.92 Å². The van der Waals surface area contributed by atoms with Crippen LogP contribution in [0.5, 0.6) is 0 Å². The molecule has 0 radical (unpaired) electrons. The number of hydrogen-bond donors (Lipinski definition) is 1. The van der Waals surface area contributed by atoms with E-state index < -0.39 is 31.2 Å². The molecule has 5 nitrogen and oxygen atoms in total. The Hall–Kier alpha value is -1.53. The summed E-state index contributed by atoms with van der Waals surface area (Å²) < 4.78 is 5.85. The quantitative estimate of drug-likeness (QED) is 0.310. The number of aliphatic hydroxyl groups excluding tert-OH is 1. The molecule has 1 N–H and O–H groups in total. The van der Waals surface area contributed by atoms with Crippen LogP contribution in [-0.2, 0) is 19.1 Å². The molecule has 0 aliphatic heterocycles. The van der Waals surface area contributed by atoms with Crippen LogP contribution < -0.4 is 0 Å². The number of ketones is 2. The van der Waals surface area contributed by atoms with Gasteiger partial charge in [-0.2, -0.15) is 0 Å². The van der Waals surface area contributed by atoms with Crippen LogP contribution in [0.15, 0.2) is 22.6 Å². The van der Waals surface area contributed by atoms with Gasteiger partial charge in [0.15, 0.2) is 0 Å². The second-order valence-corrected chi connectivity index (χ2v) is 16.7. The fourth-order valence-corrected chi connectivity index (χ4v) is 9.30. The molecule has 30 heavy (non-hydrogen) atoms. The van der Waals surface area contributed by atoms with E-state index in [-0.39, 0.29) is 28.6 Å². The second kappa shape index (κ2) is 6.25. The van der Waals surface area contributed by atoms with E-state index in [0.717, 1.165) is 17.2 Å². The van der Waals surface area contributed by atoms with Crippen molar-refractivity contribution in [3.05, 3.63) is 22.6 Å². The van der Waals surface area contributed by atoms with E-state index in [0.29, 0.717) is 25.0 Å². The van der Waals surface area contributed by atoms with Crippen molar-refractivity contribution >= 4 is 25.6 Å². The van der Waals surface area contributed by atoms with E-state index in [4.69, 9.17) is 4.74 Å². The monoisotopic (exact) mass is 430 g/mol. The van der Waals surface area contributed by atoms with E-state index in [1.807, 2.05) is 0 Å². The van der Waals surface area contributed by atoms with Gasteiger partial charge in [-0.1, -0.05) is 46.5 Å². The van der Waals surface area contributed by atoms with Crippen molar-refractivity contribution in [2.45, 2.75) is 79.1 Å². The normalized spacial score (nSPS) is 40.0. The first kappa shape index (κ1) is 21.7. The number of hydrogen-bond acceptors (Lipinski definition) is 5. The molecule has 0 aromatic rings. The molecule has 0 heterocycles. The Morgan fingerprint density at radius 2 is 1.77 bits per heavy atom. The predicted molar refractivity (Wildman–Crippen MR) is 116 cm³/mol. The highest BCUT2D eigenvalue weighted by molar-refractivity contribution is 6.84. The fraction of sp³-hybridized carbons (Fsp3) is 0.708. The third kappa shape index (κ3) is 2.52. The van der Waals surface area contributed by atoms with Gasteiger partial charge in [0.25, 0.3) is 0 Å². The smallest absolute Gasteiger partial charge is 0.307 e. The Labute approximate surface area is 180 Å². The van der Waals surface area contributed by atoms with Crippen LogP contribution in [0.1, 0.15) is 53.4 Å². The van der Waals surface area contributed by atoms with Crippen molar-refractivity contribution in [1.29, 1.82) is 0 Å². The van der Waals surface area contributed by atoms with Crippen molar-refractivity contribution in [2.75, 3.05) is 0 Å². The summed E-state index contributed by atoms with van der Waals surface area (Å²) in [7, 11) is -2.06. The van der Waals surface area contributed by atoms with Crippen molar-refractivity contribution in [2.24, 2.45) is 28.1 Å². The molecule has 0 aromatic carbocycles. The number of ether oxygens (including phenoxy) is 1. The average Bonchev–Trinajstić information content (AvgIpc) is 2.61. The third-order valence-electron chi connectivity index (χ3n) is 8.57. The molecule has 2 bridgehead atoms. The Morgan fingerprint density at radius 3 is 2.33 bits per heavy atom. The van der Waals surface area contributed by atoms with Crippen LogP contribution >= 0.6 is 0 Å². The Bertz CT molecular complexity index is 920. The summed E-state index contributed by atoms with van der Waals surface area (Å²) in [5.41, 5.74) is -0.770. The molecule has 5 rings (SSSR count). The number of Topliss-reactive ketones (excluding diaryl/α,β-unsaturated/α-hetero) is 2. The molecule has 164 valence electrons. The number of aliphatic hydroxyl groups is 1. The van der Waals surface area contributed by atoms with E-state index in [1.54, 1.807) is 0 Å². The molecule has 5 aliphatic carbocycles. The lowest BCUT2D eigenvalue weighted by Gasteiger charge is -2.63. The topological polar surface area (TPSA) is 80.7 Å². The molecule has 5 atom stereocenters. The molecule has 5 aliphatic rings. The van der Waals surface area contributed by atoms with Crippen molar-refractivity contribution in [3.63, 3.8) is 0 Å². The summed E-state index contributed by atoms with van der Waals surface area (Å²) in [5, 5.41) is 11.6. The maximum absolute atomic E-state index is 13.6. The molecule has 1 spiro atoms. The van der Waals surface area contributed by atoms with Gasteiger partial charge in [0, 0.05) is 6.92 Å². The first-order valence-corrected chi connectivity index (χ1v) is 14.6. The molecule has 0 amide bonds. The second-order valence-electron chi connectivity index (χ2n) is 11.6. The highest BCUT2D eigenvalue weighted by atomic mass is 28.3. The number of allylic oxidation sites excluding steroid dienone is 3. The fourth-order valence-electron chi connectivity index (χ4n) is 7.21. The lowest BCUT2D eigenvalue weighted by molar-refractivity contribution is -0.155. The van der Waals surface area contributed by atoms with Crippen LogP contribution in [0.4, 0.5) is 0 Å². The summed E-state index contributed by atoms with van der Waals surface area (Å²) in [5.74, 6) is -1.11. The summed E-state index contributed by atoms with van der Waals surface area (Å²) in [4.78, 5) is 38.9. The summed E-state index contributed by atoms with van der Waals surface area (Å²) >= 11 is 0. The first-order valence-electron chi connectivity index (χ1n) is 11.1. The highest BCUT2D eigenvalue weighted by Gasteiger charge is 2.69. The van der Waals surface area contributed by atoms with Crippen molar-refractivity contribution in [1.82, 2.24) is 0 Å². The maximum atomic E-state index is 13.6.